The van der Waals surface area contributed by atoms with E-state index in [-0.39, 0.29) is 17.7 Å². The third-order valence-electron chi connectivity index (χ3n) is 6.48. The van der Waals surface area contributed by atoms with Gasteiger partial charge in [-0.25, -0.2) is 4.39 Å². The molecular weight excluding hydrogens is 493 g/mol. The molecule has 3 aromatic rings. The molecule has 1 saturated heterocycles. The maximum absolute atomic E-state index is 13.5. The maximum atomic E-state index is 13.5. The number of ketones is 1. The number of benzene rings is 3. The average Bonchev–Trinajstić information content (AvgIpc) is 3.20. The van der Waals surface area contributed by atoms with Crippen LogP contribution in [-0.2, 0) is 16.0 Å². The van der Waals surface area contributed by atoms with E-state index in [1.807, 2.05) is 6.07 Å². The van der Waals surface area contributed by atoms with Gasteiger partial charge in [-0.05, 0) is 66.6 Å². The lowest BCUT2D eigenvalue weighted by Crippen LogP contribution is -2.32. The number of hydrogen-bond donors (Lipinski definition) is 1. The first-order chi connectivity index (χ1) is 18.3. The quantitative estimate of drug-likeness (QED) is 0.251. The molecule has 198 valence electrons. The molecule has 8 nitrogen and oxygen atoms in total. The van der Waals surface area contributed by atoms with Gasteiger partial charge < -0.3 is 29.0 Å². The first-order valence-electron chi connectivity index (χ1n) is 11.8. The molecule has 1 atom stereocenters. The predicted octanol–water partition coefficient (Wildman–Crippen LogP) is 4.52. The smallest absolute Gasteiger partial charge is 0.295 e. The summed E-state index contributed by atoms with van der Waals surface area (Å²) in [6, 6.07) is 14.5. The first kappa shape index (κ1) is 26.5. The molecule has 0 unspecified atom stereocenters. The fraction of sp³-hybridized carbons (Fsp3) is 0.241. The Balaban J connectivity index is 1.82. The van der Waals surface area contributed by atoms with E-state index in [4.69, 9.17) is 18.9 Å². The lowest BCUT2D eigenvalue weighted by atomic mass is 9.94. The number of nitrogens with zero attached hydrogens (tertiary/aromatic N) is 1. The number of likely N-dealkylation sites (tertiary alicyclic amines) is 1. The summed E-state index contributed by atoms with van der Waals surface area (Å²) in [6.07, 6.45) is 0.382. The summed E-state index contributed by atoms with van der Waals surface area (Å²) < 4.78 is 35.2. The van der Waals surface area contributed by atoms with Gasteiger partial charge in [-0.15, -0.1) is 0 Å². The highest BCUT2D eigenvalue weighted by Crippen LogP contribution is 2.44. The molecule has 1 heterocycles. The van der Waals surface area contributed by atoms with Crippen molar-refractivity contribution in [3.8, 4) is 23.0 Å². The van der Waals surface area contributed by atoms with Crippen LogP contribution < -0.4 is 18.9 Å². The van der Waals surface area contributed by atoms with Crippen molar-refractivity contribution in [2.45, 2.75) is 12.5 Å². The van der Waals surface area contributed by atoms with Crippen LogP contribution in [0.4, 0.5) is 4.39 Å². The molecule has 0 aliphatic carbocycles. The molecule has 0 saturated carbocycles. The highest BCUT2D eigenvalue weighted by atomic mass is 19.1. The normalized spacial score (nSPS) is 16.4. The second-order valence-electron chi connectivity index (χ2n) is 8.55. The van der Waals surface area contributed by atoms with Gasteiger partial charge in [0.1, 0.15) is 23.1 Å². The average molecular weight is 522 g/mol. The minimum Gasteiger partial charge on any atom is -0.507 e. The standard InChI is InChI=1S/C29H28FNO7/c1-35-20-10-12-22(36-2)21(16-20)26-25(27(32)18-6-8-19(30)9-7-18)28(33)29(34)31(26)14-13-17-5-11-23(37-3)24(15-17)38-4/h5-12,15-16,26,32H,13-14H2,1-4H3/t26-/m0/s1. The van der Waals surface area contributed by atoms with E-state index in [2.05, 4.69) is 0 Å². The Morgan fingerprint density at radius 2 is 1.50 bits per heavy atom. The van der Waals surface area contributed by atoms with Crippen LogP contribution >= 0.6 is 0 Å². The van der Waals surface area contributed by atoms with Crippen LogP contribution in [0.25, 0.3) is 5.76 Å². The number of Topliss-reactive ketones (excluding diaryl/α,β-unsaturated/α-hetero) is 1. The van der Waals surface area contributed by atoms with Crippen molar-refractivity contribution in [3.63, 3.8) is 0 Å². The lowest BCUT2D eigenvalue weighted by Gasteiger charge is -2.27. The molecule has 1 N–H and O–H groups in total. The van der Waals surface area contributed by atoms with Crippen LogP contribution in [0.5, 0.6) is 23.0 Å². The van der Waals surface area contributed by atoms with Gasteiger partial charge in [0.2, 0.25) is 0 Å². The maximum Gasteiger partial charge on any atom is 0.295 e. The fourth-order valence-corrected chi connectivity index (χ4v) is 4.54. The third kappa shape index (κ3) is 5.00. The number of amides is 1. The molecule has 0 spiro atoms. The minimum absolute atomic E-state index is 0.125. The van der Waals surface area contributed by atoms with Gasteiger partial charge in [0.05, 0.1) is 40.1 Å². The van der Waals surface area contributed by atoms with Crippen LogP contribution in [-0.4, -0.2) is 56.7 Å². The topological polar surface area (TPSA) is 94.5 Å². The molecular formula is C29H28FNO7. The van der Waals surface area contributed by atoms with Gasteiger partial charge in [-0.1, -0.05) is 6.07 Å². The van der Waals surface area contributed by atoms with E-state index in [0.29, 0.717) is 35.0 Å². The Morgan fingerprint density at radius 1 is 0.842 bits per heavy atom. The third-order valence-corrected chi connectivity index (χ3v) is 6.48. The number of carbonyl (C=O) groups excluding carboxylic acids is 2. The summed E-state index contributed by atoms with van der Waals surface area (Å²) in [5, 5.41) is 11.2. The van der Waals surface area contributed by atoms with Crippen LogP contribution in [0.3, 0.4) is 0 Å². The SMILES string of the molecule is COc1ccc(OC)c([C@H]2C(=C(O)c3ccc(F)cc3)C(=O)C(=O)N2CCc2ccc(OC)c(OC)c2)c1. The summed E-state index contributed by atoms with van der Waals surface area (Å²) >= 11 is 0. The van der Waals surface area contributed by atoms with Crippen molar-refractivity contribution in [1.29, 1.82) is 0 Å². The van der Waals surface area contributed by atoms with Gasteiger partial charge in [-0.2, -0.15) is 0 Å². The number of halogens is 1. The molecule has 1 aliphatic heterocycles. The van der Waals surface area contributed by atoms with Crippen LogP contribution in [0.1, 0.15) is 22.7 Å². The molecule has 0 bridgehead atoms. The number of rotatable bonds is 9. The number of hydrogen-bond acceptors (Lipinski definition) is 7. The summed E-state index contributed by atoms with van der Waals surface area (Å²) in [5.41, 5.74) is 1.39. The largest absolute Gasteiger partial charge is 0.507 e. The van der Waals surface area contributed by atoms with Gasteiger partial charge in [0.25, 0.3) is 11.7 Å². The van der Waals surface area contributed by atoms with Gasteiger partial charge >= 0.3 is 0 Å². The molecule has 1 aliphatic rings. The summed E-state index contributed by atoms with van der Waals surface area (Å²) in [5.74, 6) is -0.550. The van der Waals surface area contributed by atoms with E-state index in [0.717, 1.165) is 5.56 Å². The molecule has 4 rings (SSSR count). The molecule has 0 aromatic heterocycles. The van der Waals surface area contributed by atoms with Gasteiger partial charge in [0.15, 0.2) is 11.5 Å². The molecule has 3 aromatic carbocycles. The lowest BCUT2D eigenvalue weighted by molar-refractivity contribution is -0.139. The number of aliphatic hydroxyl groups is 1. The highest BCUT2D eigenvalue weighted by Gasteiger charge is 2.47. The van der Waals surface area contributed by atoms with Gasteiger partial charge in [-0.3, -0.25) is 9.59 Å². The Labute approximate surface area is 219 Å². The molecule has 38 heavy (non-hydrogen) atoms. The zero-order chi connectivity index (χ0) is 27.4. The summed E-state index contributed by atoms with van der Waals surface area (Å²) in [4.78, 5) is 28.1. The molecule has 1 fully saturated rings. The highest BCUT2D eigenvalue weighted by molar-refractivity contribution is 6.46. The van der Waals surface area contributed by atoms with E-state index in [9.17, 15) is 19.1 Å². The van der Waals surface area contributed by atoms with Crippen molar-refractivity contribution in [2.24, 2.45) is 0 Å². The van der Waals surface area contributed by atoms with E-state index < -0.39 is 29.3 Å². The van der Waals surface area contributed by atoms with E-state index in [1.54, 1.807) is 37.4 Å². The second kappa shape index (κ2) is 11.2. The van der Waals surface area contributed by atoms with Crippen molar-refractivity contribution in [2.75, 3.05) is 35.0 Å². The Bertz CT molecular complexity index is 1380. The monoisotopic (exact) mass is 521 g/mol. The Morgan fingerprint density at radius 3 is 2.13 bits per heavy atom. The Hall–Kier alpha value is -4.53. The van der Waals surface area contributed by atoms with Crippen LogP contribution in [0, 0.1) is 5.82 Å². The van der Waals surface area contributed by atoms with Crippen molar-refractivity contribution < 1.29 is 38.0 Å². The molecule has 9 heteroatoms. The van der Waals surface area contributed by atoms with Crippen LogP contribution in [0.15, 0.2) is 66.2 Å². The summed E-state index contributed by atoms with van der Waals surface area (Å²) in [6.45, 7) is 0.144. The number of ether oxygens (including phenoxy) is 4. The molecule has 0 radical (unpaired) electrons. The Kier molecular flexibility index (Phi) is 7.85. The van der Waals surface area contributed by atoms with Gasteiger partial charge in [0, 0.05) is 17.7 Å². The zero-order valence-electron chi connectivity index (χ0n) is 21.5. The zero-order valence-corrected chi connectivity index (χ0v) is 21.5. The number of aliphatic hydroxyl groups excluding tert-OH is 1. The first-order valence-corrected chi connectivity index (χ1v) is 11.8. The van der Waals surface area contributed by atoms with Crippen molar-refractivity contribution >= 4 is 17.4 Å². The summed E-state index contributed by atoms with van der Waals surface area (Å²) in [7, 11) is 6.05. The van der Waals surface area contributed by atoms with Crippen molar-refractivity contribution in [1.82, 2.24) is 4.90 Å². The number of carbonyl (C=O) groups is 2. The predicted molar refractivity (Wildman–Crippen MR) is 138 cm³/mol. The molecule has 1 amide bonds. The second-order valence-corrected chi connectivity index (χ2v) is 8.55. The fourth-order valence-electron chi connectivity index (χ4n) is 4.54. The number of methoxy groups -OCH3 is 4. The van der Waals surface area contributed by atoms with E-state index in [1.165, 1.54) is 50.5 Å². The van der Waals surface area contributed by atoms with E-state index >= 15 is 0 Å². The van der Waals surface area contributed by atoms with Crippen LogP contribution in [0.2, 0.25) is 0 Å². The van der Waals surface area contributed by atoms with Crippen molar-refractivity contribution in [3.05, 3.63) is 88.7 Å². The minimum atomic E-state index is -0.981.